The van der Waals surface area contributed by atoms with Gasteiger partial charge >= 0.3 is 0 Å². The van der Waals surface area contributed by atoms with E-state index in [0.717, 1.165) is 42.5 Å². The monoisotopic (exact) mass is 257 g/mol. The van der Waals surface area contributed by atoms with Gasteiger partial charge in [0, 0.05) is 29.1 Å². The summed E-state index contributed by atoms with van der Waals surface area (Å²) in [4.78, 5) is 8.98. The summed E-state index contributed by atoms with van der Waals surface area (Å²) in [5.41, 5.74) is 9.06. The van der Waals surface area contributed by atoms with Crippen molar-refractivity contribution >= 4 is 0 Å². The Hall–Kier alpha value is -1.81. The molecule has 1 aromatic heterocycles. The van der Waals surface area contributed by atoms with Gasteiger partial charge in [-0.15, -0.1) is 0 Å². The zero-order chi connectivity index (χ0) is 13.2. The van der Waals surface area contributed by atoms with E-state index in [2.05, 4.69) is 9.97 Å². The molecule has 2 N–H and O–H groups in total. The molecule has 1 unspecified atom stereocenters. The van der Waals surface area contributed by atoms with Crippen LogP contribution in [0.5, 0.6) is 0 Å². The Balaban J connectivity index is 2.01. The van der Waals surface area contributed by atoms with Gasteiger partial charge in [-0.3, -0.25) is 0 Å². The van der Waals surface area contributed by atoms with Gasteiger partial charge in [0.05, 0.1) is 0 Å². The van der Waals surface area contributed by atoms with Crippen LogP contribution in [-0.4, -0.2) is 9.97 Å². The molecule has 0 radical (unpaired) electrons. The number of aryl methyl sites for hydroxylation is 1. The van der Waals surface area contributed by atoms with Crippen molar-refractivity contribution in [1.82, 2.24) is 9.97 Å². The van der Waals surface area contributed by atoms with Crippen LogP contribution in [-0.2, 0) is 6.42 Å². The van der Waals surface area contributed by atoms with E-state index >= 15 is 0 Å². The maximum absolute atomic E-state index is 12.9. The first kappa shape index (κ1) is 12.2. The Morgan fingerprint density at radius 1 is 1.16 bits per heavy atom. The normalized spacial score (nSPS) is 18.7. The lowest BCUT2D eigenvalue weighted by molar-refractivity contribution is 0.614. The Morgan fingerprint density at radius 3 is 2.74 bits per heavy atom. The van der Waals surface area contributed by atoms with Gasteiger partial charge in [-0.05, 0) is 43.5 Å². The van der Waals surface area contributed by atoms with Crippen molar-refractivity contribution in [3.05, 3.63) is 47.5 Å². The SMILES string of the molecule is NC1CCCCc2nc(-c3ccc(F)cc3)ncc21. The minimum atomic E-state index is -0.250. The lowest BCUT2D eigenvalue weighted by Gasteiger charge is -2.12. The predicted molar refractivity (Wildman–Crippen MR) is 71.9 cm³/mol. The highest BCUT2D eigenvalue weighted by molar-refractivity contribution is 5.55. The zero-order valence-corrected chi connectivity index (χ0v) is 10.6. The van der Waals surface area contributed by atoms with Crippen LogP contribution in [0.4, 0.5) is 4.39 Å². The number of nitrogens with two attached hydrogens (primary N) is 1. The molecule has 1 heterocycles. The molecule has 0 amide bonds. The second-order valence-electron chi connectivity index (χ2n) is 4.95. The molecule has 19 heavy (non-hydrogen) atoms. The van der Waals surface area contributed by atoms with Crippen LogP contribution in [0.3, 0.4) is 0 Å². The molecule has 4 heteroatoms. The summed E-state index contributed by atoms with van der Waals surface area (Å²) in [5, 5.41) is 0. The number of rotatable bonds is 1. The highest BCUT2D eigenvalue weighted by atomic mass is 19.1. The van der Waals surface area contributed by atoms with Crippen LogP contribution >= 0.6 is 0 Å². The van der Waals surface area contributed by atoms with E-state index in [1.807, 2.05) is 6.20 Å². The van der Waals surface area contributed by atoms with Crippen molar-refractivity contribution in [2.24, 2.45) is 5.73 Å². The van der Waals surface area contributed by atoms with E-state index in [-0.39, 0.29) is 11.9 Å². The topological polar surface area (TPSA) is 51.8 Å². The number of nitrogens with zero attached hydrogens (tertiary/aromatic N) is 2. The van der Waals surface area contributed by atoms with Crippen LogP contribution < -0.4 is 5.73 Å². The third kappa shape index (κ3) is 2.49. The van der Waals surface area contributed by atoms with Crippen LogP contribution in [0.25, 0.3) is 11.4 Å². The van der Waals surface area contributed by atoms with E-state index in [1.165, 1.54) is 12.1 Å². The summed E-state index contributed by atoms with van der Waals surface area (Å²) < 4.78 is 12.9. The second-order valence-corrected chi connectivity index (χ2v) is 4.95. The van der Waals surface area contributed by atoms with E-state index in [4.69, 9.17) is 5.73 Å². The van der Waals surface area contributed by atoms with Crippen LogP contribution in [0.1, 0.15) is 36.6 Å². The standard InChI is InChI=1S/C15H16FN3/c16-11-7-5-10(6-8-11)15-18-9-12-13(17)3-1-2-4-14(12)19-15/h5-9,13H,1-4,17H2. The summed E-state index contributed by atoms with van der Waals surface area (Å²) >= 11 is 0. The summed E-state index contributed by atoms with van der Waals surface area (Å²) in [7, 11) is 0. The minimum absolute atomic E-state index is 0.0415. The fraction of sp³-hybridized carbons (Fsp3) is 0.333. The highest BCUT2D eigenvalue weighted by Crippen LogP contribution is 2.26. The maximum Gasteiger partial charge on any atom is 0.159 e. The Bertz CT molecular complexity index is 580. The summed E-state index contributed by atoms with van der Waals surface area (Å²) in [6.45, 7) is 0. The molecule has 1 aliphatic carbocycles. The molecule has 3 nitrogen and oxygen atoms in total. The number of hydrogen-bond acceptors (Lipinski definition) is 3. The maximum atomic E-state index is 12.9. The van der Waals surface area contributed by atoms with Gasteiger partial charge in [0.25, 0.3) is 0 Å². The molecule has 0 saturated carbocycles. The Morgan fingerprint density at radius 2 is 1.95 bits per heavy atom. The molecular formula is C15H16FN3. The van der Waals surface area contributed by atoms with Gasteiger partial charge in [0.1, 0.15) is 5.82 Å². The average molecular weight is 257 g/mol. The first-order valence-electron chi connectivity index (χ1n) is 6.61. The molecule has 3 rings (SSSR count). The molecule has 0 saturated heterocycles. The lowest BCUT2D eigenvalue weighted by Crippen LogP contribution is -2.12. The highest BCUT2D eigenvalue weighted by Gasteiger charge is 2.17. The van der Waals surface area contributed by atoms with E-state index < -0.39 is 0 Å². The van der Waals surface area contributed by atoms with E-state index in [0.29, 0.717) is 5.82 Å². The Labute approximate surface area is 111 Å². The van der Waals surface area contributed by atoms with E-state index in [9.17, 15) is 4.39 Å². The van der Waals surface area contributed by atoms with Gasteiger partial charge in [-0.2, -0.15) is 0 Å². The Kier molecular flexibility index (Phi) is 3.25. The third-order valence-electron chi connectivity index (χ3n) is 3.58. The zero-order valence-electron chi connectivity index (χ0n) is 10.6. The molecule has 1 aliphatic rings. The number of halogens is 1. The summed E-state index contributed by atoms with van der Waals surface area (Å²) in [5.74, 6) is 0.397. The number of benzene rings is 1. The van der Waals surface area contributed by atoms with Gasteiger partial charge in [0.15, 0.2) is 5.82 Å². The molecule has 0 spiro atoms. The molecule has 98 valence electrons. The quantitative estimate of drug-likeness (QED) is 0.799. The molecular weight excluding hydrogens is 241 g/mol. The first-order valence-corrected chi connectivity index (χ1v) is 6.61. The van der Waals surface area contributed by atoms with Crippen molar-refractivity contribution in [3.8, 4) is 11.4 Å². The van der Waals surface area contributed by atoms with Crippen molar-refractivity contribution in [3.63, 3.8) is 0 Å². The lowest BCUT2D eigenvalue weighted by atomic mass is 10.1. The van der Waals surface area contributed by atoms with Crippen LogP contribution in [0.15, 0.2) is 30.5 Å². The number of fused-ring (bicyclic) bond motifs is 1. The molecule has 2 aromatic rings. The third-order valence-corrected chi connectivity index (χ3v) is 3.58. The van der Waals surface area contributed by atoms with Gasteiger partial charge in [-0.1, -0.05) is 6.42 Å². The molecule has 0 bridgehead atoms. The van der Waals surface area contributed by atoms with Crippen molar-refractivity contribution < 1.29 is 4.39 Å². The smallest absolute Gasteiger partial charge is 0.159 e. The van der Waals surface area contributed by atoms with Crippen LogP contribution in [0, 0.1) is 5.82 Å². The molecule has 1 aromatic carbocycles. The van der Waals surface area contributed by atoms with E-state index in [1.54, 1.807) is 12.1 Å². The van der Waals surface area contributed by atoms with Crippen LogP contribution in [0.2, 0.25) is 0 Å². The van der Waals surface area contributed by atoms with Crippen molar-refractivity contribution in [2.45, 2.75) is 31.7 Å². The summed E-state index contributed by atoms with van der Waals surface area (Å²) in [6, 6.07) is 6.30. The van der Waals surface area contributed by atoms with Gasteiger partial charge in [-0.25, -0.2) is 14.4 Å². The van der Waals surface area contributed by atoms with Crippen molar-refractivity contribution in [2.75, 3.05) is 0 Å². The first-order chi connectivity index (χ1) is 9.24. The largest absolute Gasteiger partial charge is 0.324 e. The fourth-order valence-corrected chi connectivity index (χ4v) is 2.49. The van der Waals surface area contributed by atoms with Gasteiger partial charge < -0.3 is 5.73 Å². The molecule has 0 aliphatic heterocycles. The fourth-order valence-electron chi connectivity index (χ4n) is 2.49. The second kappa shape index (κ2) is 5.05. The minimum Gasteiger partial charge on any atom is -0.324 e. The average Bonchev–Trinajstić information content (AvgIpc) is 2.61. The summed E-state index contributed by atoms with van der Waals surface area (Å²) in [6.07, 6.45) is 6.01. The molecule has 1 atom stereocenters. The number of hydrogen-bond donors (Lipinski definition) is 1. The number of aromatic nitrogens is 2. The van der Waals surface area contributed by atoms with Gasteiger partial charge in [0.2, 0.25) is 0 Å². The van der Waals surface area contributed by atoms with Crippen molar-refractivity contribution in [1.29, 1.82) is 0 Å². The predicted octanol–water partition coefficient (Wildman–Crippen LogP) is 3.01. The molecule has 0 fully saturated rings.